The van der Waals surface area contributed by atoms with Crippen LogP contribution in [-0.2, 0) is 11.3 Å². The normalized spacial score (nSPS) is 17.9. The molecule has 3 rings (SSSR count). The van der Waals surface area contributed by atoms with Gasteiger partial charge in [0.25, 0.3) is 0 Å². The number of rotatable bonds is 5. The third-order valence-electron chi connectivity index (χ3n) is 3.63. The SMILES string of the molecule is C=CCn1c(S[C@H]2CCCC2=O)nnc1-c1ccc(Br)cc1. The lowest BCUT2D eigenvalue weighted by atomic mass is 10.2. The van der Waals surface area contributed by atoms with Gasteiger partial charge in [-0.2, -0.15) is 0 Å². The molecule has 0 unspecified atom stereocenters. The summed E-state index contributed by atoms with van der Waals surface area (Å²) in [5.74, 6) is 1.13. The molecular weight excluding hydrogens is 362 g/mol. The van der Waals surface area contributed by atoms with E-state index in [0.717, 1.165) is 33.9 Å². The molecule has 6 heteroatoms. The molecule has 1 heterocycles. The van der Waals surface area contributed by atoms with Crippen LogP contribution in [0.5, 0.6) is 0 Å². The Balaban J connectivity index is 1.92. The van der Waals surface area contributed by atoms with E-state index in [1.165, 1.54) is 11.8 Å². The number of ketones is 1. The Morgan fingerprint density at radius 1 is 1.36 bits per heavy atom. The molecule has 1 saturated carbocycles. The van der Waals surface area contributed by atoms with E-state index in [2.05, 4.69) is 32.7 Å². The fourth-order valence-corrected chi connectivity index (χ4v) is 3.95. The first kappa shape index (κ1) is 15.5. The number of nitrogens with zero attached hydrogens (tertiary/aromatic N) is 3. The van der Waals surface area contributed by atoms with Crippen LogP contribution >= 0.6 is 27.7 Å². The molecule has 1 aromatic carbocycles. The number of allylic oxidation sites excluding steroid dienone is 1. The number of hydrogen-bond donors (Lipinski definition) is 0. The highest BCUT2D eigenvalue weighted by molar-refractivity contribution is 9.10. The minimum absolute atomic E-state index is 0.0190. The Morgan fingerprint density at radius 2 is 2.14 bits per heavy atom. The second-order valence-electron chi connectivity index (χ2n) is 5.18. The molecule has 0 radical (unpaired) electrons. The van der Waals surface area contributed by atoms with Crippen LogP contribution in [0, 0.1) is 0 Å². The second kappa shape index (κ2) is 6.79. The Bertz CT molecular complexity index is 696. The molecule has 4 nitrogen and oxygen atoms in total. The van der Waals surface area contributed by atoms with Crippen LogP contribution in [0.3, 0.4) is 0 Å². The number of carbonyl (C=O) groups is 1. The lowest BCUT2D eigenvalue weighted by molar-refractivity contribution is -0.116. The van der Waals surface area contributed by atoms with Gasteiger partial charge in [0, 0.05) is 23.0 Å². The van der Waals surface area contributed by atoms with Crippen molar-refractivity contribution in [1.82, 2.24) is 14.8 Å². The largest absolute Gasteiger partial charge is 0.298 e. The number of thioether (sulfide) groups is 1. The van der Waals surface area contributed by atoms with Gasteiger partial charge in [-0.15, -0.1) is 16.8 Å². The number of halogens is 1. The first-order valence-electron chi connectivity index (χ1n) is 7.18. The molecule has 1 atom stereocenters. The fourth-order valence-electron chi connectivity index (χ4n) is 2.52. The van der Waals surface area contributed by atoms with E-state index >= 15 is 0 Å². The van der Waals surface area contributed by atoms with E-state index in [-0.39, 0.29) is 5.25 Å². The zero-order valence-corrected chi connectivity index (χ0v) is 14.4. The molecule has 114 valence electrons. The fraction of sp³-hybridized carbons (Fsp3) is 0.312. The molecular formula is C16H16BrN3OS. The van der Waals surface area contributed by atoms with Gasteiger partial charge in [0.05, 0.1) is 5.25 Å². The number of Topliss-reactive ketones (excluding diaryl/α,β-unsaturated/α-hetero) is 1. The van der Waals surface area contributed by atoms with Crippen molar-refractivity contribution in [3.63, 3.8) is 0 Å². The molecule has 1 aromatic heterocycles. The quantitative estimate of drug-likeness (QED) is 0.735. The first-order chi connectivity index (χ1) is 10.7. The van der Waals surface area contributed by atoms with Gasteiger partial charge in [0.1, 0.15) is 5.78 Å². The van der Waals surface area contributed by atoms with Crippen molar-refractivity contribution >= 4 is 33.5 Å². The predicted octanol–water partition coefficient (Wildman–Crippen LogP) is 4.11. The van der Waals surface area contributed by atoms with Crippen molar-refractivity contribution in [3.8, 4) is 11.4 Å². The van der Waals surface area contributed by atoms with E-state index in [1.54, 1.807) is 0 Å². The molecule has 0 aliphatic heterocycles. The van der Waals surface area contributed by atoms with Gasteiger partial charge in [-0.3, -0.25) is 9.36 Å². The van der Waals surface area contributed by atoms with Crippen LogP contribution in [0.2, 0.25) is 0 Å². The molecule has 2 aromatic rings. The highest BCUT2D eigenvalue weighted by atomic mass is 79.9. The van der Waals surface area contributed by atoms with E-state index in [0.29, 0.717) is 18.7 Å². The summed E-state index contributed by atoms with van der Waals surface area (Å²) in [4.78, 5) is 11.9. The Morgan fingerprint density at radius 3 is 2.77 bits per heavy atom. The number of carbonyl (C=O) groups excluding carboxylic acids is 1. The standard InChI is InChI=1S/C16H16BrN3OS/c1-2-10-20-15(11-6-8-12(17)9-7-11)18-19-16(20)22-14-5-3-4-13(14)21/h2,6-9,14H,1,3-5,10H2/t14-/m0/s1. The summed E-state index contributed by atoms with van der Waals surface area (Å²) < 4.78 is 3.05. The van der Waals surface area contributed by atoms with Crippen molar-refractivity contribution in [1.29, 1.82) is 0 Å². The Hall–Kier alpha value is -1.40. The Labute approximate surface area is 142 Å². The van der Waals surface area contributed by atoms with Gasteiger partial charge in [-0.1, -0.05) is 45.9 Å². The molecule has 0 spiro atoms. The third kappa shape index (κ3) is 3.17. The summed E-state index contributed by atoms with van der Waals surface area (Å²) in [7, 11) is 0. The van der Waals surface area contributed by atoms with E-state index in [9.17, 15) is 4.79 Å². The van der Waals surface area contributed by atoms with Gasteiger partial charge in [0.15, 0.2) is 11.0 Å². The summed E-state index contributed by atoms with van der Waals surface area (Å²) in [6.07, 6.45) is 4.42. The molecule has 0 amide bonds. The minimum atomic E-state index is 0.0190. The summed E-state index contributed by atoms with van der Waals surface area (Å²) >= 11 is 4.96. The van der Waals surface area contributed by atoms with Crippen LogP contribution in [0.1, 0.15) is 19.3 Å². The van der Waals surface area contributed by atoms with Crippen LogP contribution in [0.4, 0.5) is 0 Å². The van der Waals surface area contributed by atoms with Crippen molar-refractivity contribution in [2.75, 3.05) is 0 Å². The van der Waals surface area contributed by atoms with Gasteiger partial charge in [0.2, 0.25) is 0 Å². The maximum Gasteiger partial charge on any atom is 0.192 e. The topological polar surface area (TPSA) is 47.8 Å². The average Bonchev–Trinajstić information content (AvgIpc) is 3.09. The van der Waals surface area contributed by atoms with Gasteiger partial charge >= 0.3 is 0 Å². The highest BCUT2D eigenvalue weighted by Crippen LogP contribution is 2.33. The van der Waals surface area contributed by atoms with Gasteiger partial charge in [-0.05, 0) is 25.0 Å². The molecule has 1 fully saturated rings. The van der Waals surface area contributed by atoms with E-state index < -0.39 is 0 Å². The second-order valence-corrected chi connectivity index (χ2v) is 7.26. The monoisotopic (exact) mass is 377 g/mol. The highest BCUT2D eigenvalue weighted by Gasteiger charge is 2.27. The summed E-state index contributed by atoms with van der Waals surface area (Å²) in [5, 5.41) is 9.42. The van der Waals surface area contributed by atoms with Crippen molar-refractivity contribution < 1.29 is 4.79 Å². The maximum absolute atomic E-state index is 11.9. The van der Waals surface area contributed by atoms with E-state index in [4.69, 9.17) is 0 Å². The average molecular weight is 378 g/mol. The predicted molar refractivity (Wildman–Crippen MR) is 91.9 cm³/mol. The molecule has 1 aliphatic rings. The lowest BCUT2D eigenvalue weighted by Crippen LogP contribution is -2.10. The summed E-state index contributed by atoms with van der Waals surface area (Å²) in [6, 6.07) is 7.97. The molecule has 0 saturated heterocycles. The van der Waals surface area contributed by atoms with Crippen molar-refractivity contribution in [3.05, 3.63) is 41.4 Å². The number of hydrogen-bond acceptors (Lipinski definition) is 4. The van der Waals surface area contributed by atoms with E-state index in [1.807, 2.05) is 34.9 Å². The zero-order valence-electron chi connectivity index (χ0n) is 12.0. The maximum atomic E-state index is 11.9. The third-order valence-corrected chi connectivity index (χ3v) is 5.45. The molecule has 0 bridgehead atoms. The molecule has 0 N–H and O–H groups in total. The number of aromatic nitrogens is 3. The van der Waals surface area contributed by atoms with Gasteiger partial charge in [-0.25, -0.2) is 0 Å². The van der Waals surface area contributed by atoms with Crippen LogP contribution < -0.4 is 0 Å². The zero-order chi connectivity index (χ0) is 15.5. The lowest BCUT2D eigenvalue weighted by Gasteiger charge is -2.10. The van der Waals surface area contributed by atoms with Gasteiger partial charge < -0.3 is 0 Å². The van der Waals surface area contributed by atoms with Crippen LogP contribution in [0.15, 0.2) is 46.5 Å². The van der Waals surface area contributed by atoms with Crippen molar-refractivity contribution in [2.24, 2.45) is 0 Å². The van der Waals surface area contributed by atoms with Crippen LogP contribution in [-0.4, -0.2) is 25.8 Å². The Kier molecular flexibility index (Phi) is 4.78. The molecule has 22 heavy (non-hydrogen) atoms. The minimum Gasteiger partial charge on any atom is -0.298 e. The summed E-state index contributed by atoms with van der Waals surface area (Å²) in [5.41, 5.74) is 1.00. The van der Waals surface area contributed by atoms with Crippen molar-refractivity contribution in [2.45, 2.75) is 36.2 Å². The smallest absolute Gasteiger partial charge is 0.192 e. The first-order valence-corrected chi connectivity index (χ1v) is 8.85. The molecule has 1 aliphatic carbocycles. The number of benzene rings is 1. The van der Waals surface area contributed by atoms with Crippen LogP contribution in [0.25, 0.3) is 11.4 Å². The summed E-state index contributed by atoms with van der Waals surface area (Å²) in [6.45, 7) is 4.44.